The van der Waals surface area contributed by atoms with Gasteiger partial charge in [-0.2, -0.15) is 0 Å². The van der Waals surface area contributed by atoms with Crippen LogP contribution in [0, 0.1) is 11.8 Å². The van der Waals surface area contributed by atoms with Crippen LogP contribution in [-0.2, 0) is 25.2 Å². The van der Waals surface area contributed by atoms with E-state index in [0.717, 1.165) is 19.4 Å². The predicted octanol–water partition coefficient (Wildman–Crippen LogP) is 6.80. The molecular formula is C26H46O4Si. The summed E-state index contributed by atoms with van der Waals surface area (Å²) in [5.41, 5.74) is 1.20. The summed E-state index contributed by atoms with van der Waals surface area (Å²) in [6.45, 7) is 22.2. The average molecular weight is 451 g/mol. The molecule has 2 rings (SSSR count). The highest BCUT2D eigenvalue weighted by Crippen LogP contribution is 2.40. The second kappa shape index (κ2) is 10.9. The summed E-state index contributed by atoms with van der Waals surface area (Å²) in [7, 11) is -1.79. The minimum Gasteiger partial charge on any atom is -0.416 e. The first-order chi connectivity index (χ1) is 14.4. The van der Waals surface area contributed by atoms with Crippen molar-refractivity contribution >= 4 is 8.32 Å². The summed E-state index contributed by atoms with van der Waals surface area (Å²) in [5.74, 6) is 0.0624. The molecule has 1 heterocycles. The average Bonchev–Trinajstić information content (AvgIpc) is 2.68. The van der Waals surface area contributed by atoms with Crippen molar-refractivity contribution in [2.45, 2.75) is 104 Å². The minimum atomic E-state index is -1.79. The quantitative estimate of drug-likeness (QED) is 0.290. The van der Waals surface area contributed by atoms with Crippen molar-refractivity contribution < 1.29 is 18.6 Å². The smallest absolute Gasteiger partial charge is 0.191 e. The van der Waals surface area contributed by atoms with Gasteiger partial charge in [0.1, 0.15) is 0 Å². The summed E-state index contributed by atoms with van der Waals surface area (Å²) in [5, 5.41) is 0.214. The van der Waals surface area contributed by atoms with E-state index >= 15 is 0 Å². The summed E-state index contributed by atoms with van der Waals surface area (Å²) < 4.78 is 25.3. The lowest BCUT2D eigenvalue weighted by molar-refractivity contribution is -0.330. The van der Waals surface area contributed by atoms with Gasteiger partial charge in [-0.15, -0.1) is 0 Å². The Morgan fingerprint density at radius 3 is 2.32 bits per heavy atom. The van der Waals surface area contributed by atoms with Gasteiger partial charge < -0.3 is 18.6 Å². The van der Waals surface area contributed by atoms with Gasteiger partial charge in [-0.3, -0.25) is 0 Å². The largest absolute Gasteiger partial charge is 0.416 e. The van der Waals surface area contributed by atoms with Crippen molar-refractivity contribution in [1.29, 1.82) is 0 Å². The van der Waals surface area contributed by atoms with Crippen molar-refractivity contribution in [3.05, 3.63) is 35.9 Å². The molecule has 4 nitrogen and oxygen atoms in total. The van der Waals surface area contributed by atoms with Gasteiger partial charge in [0.05, 0.1) is 18.8 Å². The molecule has 0 saturated carbocycles. The number of hydrogen-bond donors (Lipinski definition) is 0. The Balaban J connectivity index is 1.96. The predicted molar refractivity (Wildman–Crippen MR) is 131 cm³/mol. The maximum absolute atomic E-state index is 6.59. The standard InChI is InChI=1S/C26H46O4Si/c1-10-22(19-28-31(8,9)25(3,4)5)24-20(2)23(29-26(6,7)30-24)16-17-27-18-21-14-12-11-13-15-21/h11-15,20,22-24H,10,16-19H2,1-9H3/t20-,22-,23+,24+/m0/s1. The molecule has 31 heavy (non-hydrogen) atoms. The van der Waals surface area contributed by atoms with Crippen LogP contribution in [0.4, 0.5) is 0 Å². The third-order valence-electron chi connectivity index (χ3n) is 7.07. The molecule has 178 valence electrons. The fourth-order valence-electron chi connectivity index (χ4n) is 3.93. The molecule has 0 N–H and O–H groups in total. The topological polar surface area (TPSA) is 36.9 Å². The third kappa shape index (κ3) is 7.67. The van der Waals surface area contributed by atoms with Crippen molar-refractivity contribution in [1.82, 2.24) is 0 Å². The maximum atomic E-state index is 6.59. The van der Waals surface area contributed by atoms with Gasteiger partial charge in [-0.1, -0.05) is 65.0 Å². The lowest BCUT2D eigenvalue weighted by Crippen LogP contribution is -2.54. The Labute approximate surface area is 192 Å². The zero-order valence-electron chi connectivity index (χ0n) is 21.4. The van der Waals surface area contributed by atoms with Crippen LogP contribution in [0.25, 0.3) is 0 Å². The van der Waals surface area contributed by atoms with Gasteiger partial charge in [0, 0.05) is 25.0 Å². The molecule has 1 aromatic carbocycles. The van der Waals surface area contributed by atoms with Gasteiger partial charge in [0.25, 0.3) is 0 Å². The van der Waals surface area contributed by atoms with Gasteiger partial charge in [0.2, 0.25) is 0 Å². The van der Waals surface area contributed by atoms with E-state index in [4.69, 9.17) is 18.6 Å². The summed E-state index contributed by atoms with van der Waals surface area (Å²) >= 11 is 0. The molecule has 0 spiro atoms. The van der Waals surface area contributed by atoms with Gasteiger partial charge in [-0.05, 0) is 50.4 Å². The summed E-state index contributed by atoms with van der Waals surface area (Å²) in [6.07, 6.45) is 2.15. The van der Waals surface area contributed by atoms with E-state index in [9.17, 15) is 0 Å². The van der Waals surface area contributed by atoms with E-state index in [2.05, 4.69) is 59.8 Å². The molecule has 5 heteroatoms. The van der Waals surface area contributed by atoms with Gasteiger partial charge in [0.15, 0.2) is 14.1 Å². The molecule has 0 bridgehead atoms. The Hall–Kier alpha value is -0.723. The second-order valence-corrected chi connectivity index (χ2v) is 15.9. The first kappa shape index (κ1) is 26.5. The third-order valence-corrected chi connectivity index (χ3v) is 11.6. The lowest BCUT2D eigenvalue weighted by atomic mass is 9.84. The lowest BCUT2D eigenvalue weighted by Gasteiger charge is -2.48. The molecule has 1 aliphatic rings. The van der Waals surface area contributed by atoms with Crippen molar-refractivity contribution in [2.24, 2.45) is 11.8 Å². The van der Waals surface area contributed by atoms with Crippen LogP contribution in [0.2, 0.25) is 18.1 Å². The number of rotatable bonds is 10. The molecule has 1 saturated heterocycles. The molecule has 4 atom stereocenters. The molecule has 0 amide bonds. The molecule has 1 aromatic rings. The Kier molecular flexibility index (Phi) is 9.35. The molecular weight excluding hydrogens is 404 g/mol. The number of hydrogen-bond acceptors (Lipinski definition) is 4. The van der Waals surface area contributed by atoms with Crippen LogP contribution in [0.5, 0.6) is 0 Å². The molecule has 0 aliphatic carbocycles. The van der Waals surface area contributed by atoms with Crippen molar-refractivity contribution in [2.75, 3.05) is 13.2 Å². The zero-order chi connectivity index (χ0) is 23.3. The zero-order valence-corrected chi connectivity index (χ0v) is 22.4. The van der Waals surface area contributed by atoms with E-state index in [1.165, 1.54) is 5.56 Å². The van der Waals surface area contributed by atoms with Crippen LogP contribution < -0.4 is 0 Å². The van der Waals surface area contributed by atoms with Crippen LogP contribution in [0.1, 0.15) is 66.9 Å². The summed E-state index contributed by atoms with van der Waals surface area (Å²) in [6, 6.07) is 10.3. The van der Waals surface area contributed by atoms with E-state index in [1.807, 2.05) is 32.0 Å². The number of ether oxygens (including phenoxy) is 3. The summed E-state index contributed by atoms with van der Waals surface area (Å²) in [4.78, 5) is 0. The monoisotopic (exact) mass is 450 g/mol. The Bertz CT molecular complexity index is 653. The molecule has 0 radical (unpaired) electrons. The highest BCUT2D eigenvalue weighted by Gasteiger charge is 2.45. The van der Waals surface area contributed by atoms with Crippen LogP contribution in [0.3, 0.4) is 0 Å². The van der Waals surface area contributed by atoms with Crippen LogP contribution in [0.15, 0.2) is 30.3 Å². The first-order valence-corrected chi connectivity index (χ1v) is 14.9. The maximum Gasteiger partial charge on any atom is 0.191 e. The first-order valence-electron chi connectivity index (χ1n) is 12.0. The van der Waals surface area contributed by atoms with Crippen LogP contribution >= 0.6 is 0 Å². The minimum absolute atomic E-state index is 0.117. The fourth-order valence-corrected chi connectivity index (χ4v) is 5.00. The molecule has 1 fully saturated rings. The Morgan fingerprint density at radius 2 is 1.74 bits per heavy atom. The molecule has 0 aromatic heterocycles. The van der Waals surface area contributed by atoms with Crippen molar-refractivity contribution in [3.63, 3.8) is 0 Å². The fraction of sp³-hybridized carbons (Fsp3) is 0.769. The normalized spacial score (nSPS) is 25.4. The highest BCUT2D eigenvalue weighted by atomic mass is 28.4. The van der Waals surface area contributed by atoms with Crippen LogP contribution in [-0.4, -0.2) is 39.5 Å². The molecule has 0 unspecified atom stereocenters. The van der Waals surface area contributed by atoms with Crippen molar-refractivity contribution in [3.8, 4) is 0 Å². The van der Waals surface area contributed by atoms with E-state index in [1.54, 1.807) is 0 Å². The Morgan fingerprint density at radius 1 is 1.10 bits per heavy atom. The van der Waals surface area contributed by atoms with E-state index in [0.29, 0.717) is 25.0 Å². The van der Waals surface area contributed by atoms with E-state index in [-0.39, 0.29) is 17.2 Å². The van der Waals surface area contributed by atoms with Gasteiger partial charge in [-0.25, -0.2) is 0 Å². The van der Waals surface area contributed by atoms with E-state index < -0.39 is 14.1 Å². The SMILES string of the molecule is CC[C@@H](CO[Si](C)(C)C(C)(C)C)[C@@H]1OC(C)(C)O[C@H](CCOCc2ccccc2)[C@@H]1C. The second-order valence-electron chi connectivity index (χ2n) is 11.1. The van der Waals surface area contributed by atoms with Gasteiger partial charge >= 0.3 is 0 Å². The molecule has 1 aliphatic heterocycles. The number of benzene rings is 1. The highest BCUT2D eigenvalue weighted by molar-refractivity contribution is 6.74.